The molecule has 0 aliphatic heterocycles. The minimum atomic E-state index is -0.842. The molecule has 1 fully saturated rings. The molecule has 8 heteroatoms. The molecule has 138 valence electrons. The van der Waals surface area contributed by atoms with Crippen LogP contribution in [0.5, 0.6) is 0 Å². The summed E-state index contributed by atoms with van der Waals surface area (Å²) in [6.07, 6.45) is 1.46. The number of nitrogens with one attached hydrogen (secondary N) is 2. The SMILES string of the molecule is CCN(CC(=O)O)C1CC(NC(=O)c2cc(-c3ccc(F)cc3)n[nH]2)C1. The number of rotatable bonds is 7. The fraction of sp³-hybridized carbons (Fsp3) is 0.389. The van der Waals surface area contributed by atoms with Gasteiger partial charge >= 0.3 is 5.97 Å². The van der Waals surface area contributed by atoms with Crippen LogP contribution in [-0.2, 0) is 4.79 Å². The first kappa shape index (κ1) is 18.1. The third kappa shape index (κ3) is 4.08. The Hall–Kier alpha value is -2.74. The molecule has 7 nitrogen and oxygen atoms in total. The van der Waals surface area contributed by atoms with E-state index in [0.717, 1.165) is 18.4 Å². The smallest absolute Gasteiger partial charge is 0.317 e. The number of carbonyl (C=O) groups excluding carboxylic acids is 1. The number of hydrogen-bond acceptors (Lipinski definition) is 4. The Balaban J connectivity index is 1.54. The summed E-state index contributed by atoms with van der Waals surface area (Å²) in [6.45, 7) is 2.61. The van der Waals surface area contributed by atoms with Crippen LogP contribution in [0.25, 0.3) is 11.3 Å². The fourth-order valence-electron chi connectivity index (χ4n) is 3.15. The lowest BCUT2D eigenvalue weighted by atomic mass is 9.85. The molecule has 1 saturated carbocycles. The molecule has 0 unspecified atom stereocenters. The molecule has 0 spiro atoms. The van der Waals surface area contributed by atoms with Gasteiger partial charge in [-0.1, -0.05) is 6.92 Å². The summed E-state index contributed by atoms with van der Waals surface area (Å²) in [7, 11) is 0. The Bertz CT molecular complexity index is 784. The summed E-state index contributed by atoms with van der Waals surface area (Å²) in [4.78, 5) is 25.1. The molecule has 1 aliphatic carbocycles. The maximum atomic E-state index is 13.0. The molecule has 1 aromatic carbocycles. The van der Waals surface area contributed by atoms with Crippen LogP contribution in [0.4, 0.5) is 4.39 Å². The maximum absolute atomic E-state index is 13.0. The fourth-order valence-corrected chi connectivity index (χ4v) is 3.15. The monoisotopic (exact) mass is 360 g/mol. The predicted octanol–water partition coefficient (Wildman–Crippen LogP) is 1.88. The highest BCUT2D eigenvalue weighted by atomic mass is 19.1. The van der Waals surface area contributed by atoms with Crippen LogP contribution in [0, 0.1) is 5.82 Å². The maximum Gasteiger partial charge on any atom is 0.317 e. The number of likely N-dealkylation sites (N-methyl/N-ethyl adjacent to an activating group) is 1. The number of H-pyrrole nitrogens is 1. The second kappa shape index (κ2) is 7.65. The van der Waals surface area contributed by atoms with Gasteiger partial charge in [0.25, 0.3) is 5.91 Å². The Kier molecular flexibility index (Phi) is 5.32. The van der Waals surface area contributed by atoms with E-state index in [1.165, 1.54) is 12.1 Å². The number of nitrogens with zero attached hydrogens (tertiary/aromatic N) is 2. The third-order valence-electron chi connectivity index (χ3n) is 4.67. The predicted molar refractivity (Wildman–Crippen MR) is 93.1 cm³/mol. The quantitative estimate of drug-likeness (QED) is 0.700. The van der Waals surface area contributed by atoms with Gasteiger partial charge in [-0.05, 0) is 49.7 Å². The van der Waals surface area contributed by atoms with E-state index in [4.69, 9.17) is 5.11 Å². The van der Waals surface area contributed by atoms with Crippen molar-refractivity contribution < 1.29 is 19.1 Å². The average molecular weight is 360 g/mol. The number of aliphatic carboxylic acids is 1. The Morgan fingerprint density at radius 1 is 1.35 bits per heavy atom. The molecule has 3 N–H and O–H groups in total. The van der Waals surface area contributed by atoms with E-state index < -0.39 is 5.97 Å². The third-order valence-corrected chi connectivity index (χ3v) is 4.67. The van der Waals surface area contributed by atoms with Gasteiger partial charge in [0.05, 0.1) is 12.2 Å². The highest BCUT2D eigenvalue weighted by molar-refractivity contribution is 5.93. The zero-order chi connectivity index (χ0) is 18.7. The molecule has 1 heterocycles. The number of halogens is 1. The summed E-state index contributed by atoms with van der Waals surface area (Å²) in [6, 6.07) is 7.72. The topological polar surface area (TPSA) is 98.3 Å². The van der Waals surface area contributed by atoms with Gasteiger partial charge in [-0.3, -0.25) is 19.6 Å². The molecule has 1 aliphatic rings. The standard InChI is InChI=1S/C18H21FN4O3/c1-2-23(10-17(24)25)14-7-13(8-14)20-18(26)16-9-15(21-22-16)11-3-5-12(19)6-4-11/h3-6,9,13-14H,2,7-8,10H2,1H3,(H,20,26)(H,21,22)(H,24,25). The van der Waals surface area contributed by atoms with Gasteiger partial charge in [-0.2, -0.15) is 5.10 Å². The molecule has 0 bridgehead atoms. The van der Waals surface area contributed by atoms with Crippen LogP contribution in [-0.4, -0.2) is 57.3 Å². The van der Waals surface area contributed by atoms with Gasteiger partial charge in [-0.15, -0.1) is 0 Å². The van der Waals surface area contributed by atoms with Gasteiger partial charge in [0, 0.05) is 17.6 Å². The van der Waals surface area contributed by atoms with Crippen LogP contribution in [0.2, 0.25) is 0 Å². The highest BCUT2D eigenvalue weighted by Crippen LogP contribution is 2.26. The zero-order valence-electron chi connectivity index (χ0n) is 14.4. The number of amides is 1. The van der Waals surface area contributed by atoms with Crippen molar-refractivity contribution in [1.29, 1.82) is 0 Å². The van der Waals surface area contributed by atoms with Crippen molar-refractivity contribution >= 4 is 11.9 Å². The van der Waals surface area contributed by atoms with Crippen molar-refractivity contribution in [2.45, 2.75) is 31.8 Å². The Labute approximate surface area is 150 Å². The molecule has 0 atom stereocenters. The summed E-state index contributed by atoms with van der Waals surface area (Å²) in [5, 5.41) is 18.6. The first-order valence-corrected chi connectivity index (χ1v) is 8.54. The first-order valence-electron chi connectivity index (χ1n) is 8.54. The van der Waals surface area contributed by atoms with Crippen molar-refractivity contribution in [2.75, 3.05) is 13.1 Å². The van der Waals surface area contributed by atoms with E-state index in [2.05, 4.69) is 15.5 Å². The number of aromatic nitrogens is 2. The molecule has 0 saturated heterocycles. The van der Waals surface area contributed by atoms with Crippen molar-refractivity contribution in [1.82, 2.24) is 20.4 Å². The van der Waals surface area contributed by atoms with Crippen LogP contribution in [0.3, 0.4) is 0 Å². The van der Waals surface area contributed by atoms with Gasteiger partial charge in [0.2, 0.25) is 0 Å². The Morgan fingerprint density at radius 3 is 2.65 bits per heavy atom. The summed E-state index contributed by atoms with van der Waals surface area (Å²) in [5.41, 5.74) is 1.63. The average Bonchev–Trinajstić information content (AvgIpc) is 3.06. The number of hydrogen-bond donors (Lipinski definition) is 3. The summed E-state index contributed by atoms with van der Waals surface area (Å²) in [5.74, 6) is -1.42. The summed E-state index contributed by atoms with van der Waals surface area (Å²) < 4.78 is 13.0. The van der Waals surface area contributed by atoms with Crippen molar-refractivity contribution in [3.05, 3.63) is 41.8 Å². The number of carboxylic acids is 1. The lowest BCUT2D eigenvalue weighted by molar-refractivity contribution is -0.139. The van der Waals surface area contributed by atoms with E-state index in [1.807, 2.05) is 11.8 Å². The minimum Gasteiger partial charge on any atom is -0.480 e. The van der Waals surface area contributed by atoms with Crippen molar-refractivity contribution in [3.63, 3.8) is 0 Å². The van der Waals surface area contributed by atoms with E-state index in [9.17, 15) is 14.0 Å². The van der Waals surface area contributed by atoms with Crippen LogP contribution in [0.15, 0.2) is 30.3 Å². The number of carboxylic acid groups (broad SMARTS) is 1. The van der Waals surface area contributed by atoms with Gasteiger partial charge in [0.15, 0.2) is 0 Å². The van der Waals surface area contributed by atoms with Crippen LogP contribution >= 0.6 is 0 Å². The van der Waals surface area contributed by atoms with Crippen LogP contribution in [0.1, 0.15) is 30.3 Å². The second-order valence-corrected chi connectivity index (χ2v) is 6.43. The van der Waals surface area contributed by atoms with Crippen LogP contribution < -0.4 is 5.32 Å². The molecule has 1 amide bonds. The lowest BCUT2D eigenvalue weighted by Gasteiger charge is -2.42. The number of carbonyl (C=O) groups is 2. The molecule has 0 radical (unpaired) electrons. The normalized spacial score (nSPS) is 19.2. The molecular formula is C18H21FN4O3. The van der Waals surface area contributed by atoms with E-state index in [0.29, 0.717) is 17.9 Å². The Morgan fingerprint density at radius 2 is 2.04 bits per heavy atom. The molecule has 2 aromatic rings. The molecule has 3 rings (SSSR count). The van der Waals surface area contributed by atoms with Crippen molar-refractivity contribution in [2.24, 2.45) is 0 Å². The zero-order valence-corrected chi connectivity index (χ0v) is 14.4. The van der Waals surface area contributed by atoms with Crippen molar-refractivity contribution in [3.8, 4) is 11.3 Å². The lowest BCUT2D eigenvalue weighted by Crippen LogP contribution is -2.54. The summed E-state index contributed by atoms with van der Waals surface area (Å²) >= 11 is 0. The van der Waals surface area contributed by atoms with E-state index >= 15 is 0 Å². The second-order valence-electron chi connectivity index (χ2n) is 6.43. The van der Waals surface area contributed by atoms with E-state index in [-0.39, 0.29) is 30.4 Å². The van der Waals surface area contributed by atoms with Gasteiger partial charge in [-0.25, -0.2) is 4.39 Å². The van der Waals surface area contributed by atoms with Gasteiger partial charge in [0.1, 0.15) is 11.5 Å². The number of benzene rings is 1. The van der Waals surface area contributed by atoms with E-state index in [1.54, 1.807) is 18.2 Å². The highest BCUT2D eigenvalue weighted by Gasteiger charge is 2.35. The molecule has 26 heavy (non-hydrogen) atoms. The first-order chi connectivity index (χ1) is 12.5. The molecule has 1 aromatic heterocycles. The minimum absolute atomic E-state index is 0.0173. The number of aromatic amines is 1. The van der Waals surface area contributed by atoms with Gasteiger partial charge < -0.3 is 10.4 Å². The largest absolute Gasteiger partial charge is 0.480 e. The molecular weight excluding hydrogens is 339 g/mol.